The molecule has 0 saturated heterocycles. The lowest BCUT2D eigenvalue weighted by atomic mass is 9.78. The highest BCUT2D eigenvalue weighted by atomic mass is 14.3. The Hall–Kier alpha value is -1.56. The van der Waals surface area contributed by atoms with E-state index in [1.165, 1.54) is 22.3 Å². The highest BCUT2D eigenvalue weighted by molar-refractivity contribution is 5.53. The van der Waals surface area contributed by atoms with Gasteiger partial charge in [0.1, 0.15) is 0 Å². The third-order valence-electron chi connectivity index (χ3n) is 3.55. The van der Waals surface area contributed by atoms with Crippen LogP contribution in [0.2, 0.25) is 0 Å². The maximum atomic E-state index is 2.31. The maximum absolute atomic E-state index is 2.31. The van der Waals surface area contributed by atoms with Crippen molar-refractivity contribution in [1.29, 1.82) is 0 Å². The van der Waals surface area contributed by atoms with Crippen molar-refractivity contribution < 1.29 is 0 Å². The zero-order chi connectivity index (χ0) is 12.5. The Morgan fingerprint density at radius 3 is 2.12 bits per heavy atom. The molecule has 1 aromatic rings. The maximum Gasteiger partial charge on any atom is 0.0146 e. The first kappa shape index (κ1) is 11.9. The van der Waals surface area contributed by atoms with Crippen LogP contribution in [0.15, 0.2) is 65.3 Å². The molecule has 1 aliphatic carbocycles. The van der Waals surface area contributed by atoms with E-state index in [0.29, 0.717) is 0 Å². The third kappa shape index (κ3) is 2.26. The van der Waals surface area contributed by atoms with E-state index < -0.39 is 0 Å². The number of hydrogen-bond acceptors (Lipinski definition) is 0. The van der Waals surface area contributed by atoms with E-state index in [1.54, 1.807) is 0 Å². The zero-order valence-corrected chi connectivity index (χ0v) is 11.1. The molecule has 0 bridgehead atoms. The Kier molecular flexibility index (Phi) is 3.06. The van der Waals surface area contributed by atoms with Crippen LogP contribution in [0.3, 0.4) is 0 Å². The number of rotatable bonds is 2. The highest BCUT2D eigenvalue weighted by Crippen LogP contribution is 2.36. The second kappa shape index (κ2) is 4.37. The zero-order valence-electron chi connectivity index (χ0n) is 11.1. The van der Waals surface area contributed by atoms with Gasteiger partial charge >= 0.3 is 0 Å². The second-order valence-corrected chi connectivity index (χ2v) is 5.38. The SMILES string of the molecule is CC(C)=C1C=CC(C(C)(C)c2ccccc2)=C1. The molecule has 17 heavy (non-hydrogen) atoms. The summed E-state index contributed by atoms with van der Waals surface area (Å²) in [5.41, 5.74) is 5.56. The summed E-state index contributed by atoms with van der Waals surface area (Å²) < 4.78 is 0. The average Bonchev–Trinajstić information content (AvgIpc) is 2.80. The molecule has 0 aromatic heterocycles. The van der Waals surface area contributed by atoms with Gasteiger partial charge in [0.05, 0.1) is 0 Å². The van der Waals surface area contributed by atoms with Crippen LogP contribution < -0.4 is 0 Å². The lowest BCUT2D eigenvalue weighted by molar-refractivity contribution is 0.641. The smallest absolute Gasteiger partial charge is 0.0146 e. The molecule has 0 aliphatic heterocycles. The molecule has 0 amide bonds. The van der Waals surface area contributed by atoms with Gasteiger partial charge in [-0.15, -0.1) is 0 Å². The summed E-state index contributed by atoms with van der Waals surface area (Å²) in [5.74, 6) is 0. The van der Waals surface area contributed by atoms with Crippen LogP contribution >= 0.6 is 0 Å². The molecular weight excluding hydrogens is 204 g/mol. The number of benzene rings is 1. The summed E-state index contributed by atoms with van der Waals surface area (Å²) in [6.07, 6.45) is 6.77. The monoisotopic (exact) mass is 224 g/mol. The van der Waals surface area contributed by atoms with Gasteiger partial charge in [-0.1, -0.05) is 68.0 Å². The Morgan fingerprint density at radius 2 is 1.59 bits per heavy atom. The topological polar surface area (TPSA) is 0 Å². The molecule has 0 fully saturated rings. The molecule has 0 radical (unpaired) electrons. The predicted octanol–water partition coefficient (Wildman–Crippen LogP) is 4.80. The minimum atomic E-state index is 0.0783. The summed E-state index contributed by atoms with van der Waals surface area (Å²) in [5, 5.41) is 0. The Balaban J connectivity index is 2.40. The summed E-state index contributed by atoms with van der Waals surface area (Å²) in [6, 6.07) is 10.7. The first-order chi connectivity index (χ1) is 8.01. The van der Waals surface area contributed by atoms with E-state index in [9.17, 15) is 0 Å². The van der Waals surface area contributed by atoms with E-state index in [0.717, 1.165) is 0 Å². The molecule has 1 aromatic carbocycles. The van der Waals surface area contributed by atoms with E-state index in [1.807, 2.05) is 0 Å². The van der Waals surface area contributed by atoms with Crippen molar-refractivity contribution in [2.45, 2.75) is 33.1 Å². The van der Waals surface area contributed by atoms with Crippen molar-refractivity contribution in [3.63, 3.8) is 0 Å². The Bertz CT molecular complexity index is 492. The lowest BCUT2D eigenvalue weighted by Gasteiger charge is -2.26. The van der Waals surface area contributed by atoms with Crippen molar-refractivity contribution in [1.82, 2.24) is 0 Å². The molecule has 0 saturated carbocycles. The predicted molar refractivity (Wildman–Crippen MR) is 75.1 cm³/mol. The van der Waals surface area contributed by atoms with Crippen molar-refractivity contribution in [3.05, 3.63) is 70.8 Å². The van der Waals surface area contributed by atoms with E-state index in [-0.39, 0.29) is 5.41 Å². The van der Waals surface area contributed by atoms with Crippen molar-refractivity contribution in [2.24, 2.45) is 0 Å². The summed E-state index contributed by atoms with van der Waals surface area (Å²) >= 11 is 0. The third-order valence-corrected chi connectivity index (χ3v) is 3.55. The van der Waals surface area contributed by atoms with Gasteiger partial charge in [-0.2, -0.15) is 0 Å². The second-order valence-electron chi connectivity index (χ2n) is 5.38. The fourth-order valence-electron chi connectivity index (χ4n) is 2.16. The van der Waals surface area contributed by atoms with Gasteiger partial charge in [0.2, 0.25) is 0 Å². The van der Waals surface area contributed by atoms with Crippen LogP contribution in [0.1, 0.15) is 33.3 Å². The molecule has 0 nitrogen and oxygen atoms in total. The summed E-state index contributed by atoms with van der Waals surface area (Å²) in [7, 11) is 0. The van der Waals surface area contributed by atoms with Crippen molar-refractivity contribution in [3.8, 4) is 0 Å². The molecule has 0 atom stereocenters. The van der Waals surface area contributed by atoms with Crippen LogP contribution in [0.5, 0.6) is 0 Å². The largest absolute Gasteiger partial charge is 0.0692 e. The van der Waals surface area contributed by atoms with Gasteiger partial charge < -0.3 is 0 Å². The van der Waals surface area contributed by atoms with Gasteiger partial charge in [-0.3, -0.25) is 0 Å². The fourth-order valence-corrected chi connectivity index (χ4v) is 2.16. The molecule has 0 spiro atoms. The van der Waals surface area contributed by atoms with Crippen LogP contribution in [-0.4, -0.2) is 0 Å². The standard InChI is InChI=1S/C17H20/c1-13(2)14-10-11-16(12-14)17(3,4)15-8-6-5-7-9-15/h5-12H,1-4H3. The average molecular weight is 224 g/mol. The van der Waals surface area contributed by atoms with Crippen LogP contribution in [-0.2, 0) is 5.41 Å². The highest BCUT2D eigenvalue weighted by Gasteiger charge is 2.25. The van der Waals surface area contributed by atoms with Gasteiger partial charge in [0.25, 0.3) is 0 Å². The Morgan fingerprint density at radius 1 is 0.941 bits per heavy atom. The first-order valence-corrected chi connectivity index (χ1v) is 6.15. The molecule has 1 aliphatic rings. The van der Waals surface area contributed by atoms with Gasteiger partial charge in [0, 0.05) is 5.41 Å². The van der Waals surface area contributed by atoms with E-state index in [4.69, 9.17) is 0 Å². The summed E-state index contributed by atoms with van der Waals surface area (Å²) in [4.78, 5) is 0. The normalized spacial score (nSPS) is 15.1. The minimum Gasteiger partial charge on any atom is -0.0692 e. The Labute approximate surface area is 104 Å². The molecule has 0 heterocycles. The number of hydrogen-bond donors (Lipinski definition) is 0. The first-order valence-electron chi connectivity index (χ1n) is 6.15. The van der Waals surface area contributed by atoms with Gasteiger partial charge in [-0.05, 0) is 30.6 Å². The molecule has 2 rings (SSSR count). The van der Waals surface area contributed by atoms with Crippen molar-refractivity contribution in [2.75, 3.05) is 0 Å². The van der Waals surface area contributed by atoms with E-state index in [2.05, 4.69) is 76.3 Å². The summed E-state index contributed by atoms with van der Waals surface area (Å²) in [6.45, 7) is 8.89. The lowest BCUT2D eigenvalue weighted by Crippen LogP contribution is -2.18. The number of allylic oxidation sites excluding steroid dienone is 6. The molecule has 0 N–H and O–H groups in total. The quantitative estimate of drug-likeness (QED) is 0.677. The van der Waals surface area contributed by atoms with Crippen molar-refractivity contribution >= 4 is 0 Å². The molecule has 0 heteroatoms. The van der Waals surface area contributed by atoms with Crippen LogP contribution in [0.4, 0.5) is 0 Å². The molecule has 88 valence electrons. The molecule has 0 unspecified atom stereocenters. The fraction of sp³-hybridized carbons (Fsp3) is 0.294. The van der Waals surface area contributed by atoms with E-state index >= 15 is 0 Å². The van der Waals surface area contributed by atoms with Crippen LogP contribution in [0, 0.1) is 0 Å². The minimum absolute atomic E-state index is 0.0783. The van der Waals surface area contributed by atoms with Crippen LogP contribution in [0.25, 0.3) is 0 Å². The van der Waals surface area contributed by atoms with Gasteiger partial charge in [0.15, 0.2) is 0 Å². The van der Waals surface area contributed by atoms with Gasteiger partial charge in [-0.25, -0.2) is 0 Å². The molecular formula is C17H20.